The molecule has 1 saturated heterocycles. The first-order valence-corrected chi connectivity index (χ1v) is 13.1. The van der Waals surface area contributed by atoms with Crippen LogP contribution in [0.15, 0.2) is 41.2 Å². The van der Waals surface area contributed by atoms with Crippen LogP contribution in [0.2, 0.25) is 0 Å². The molecule has 1 saturated carbocycles. The van der Waals surface area contributed by atoms with Gasteiger partial charge in [0.05, 0.1) is 17.8 Å². The van der Waals surface area contributed by atoms with Gasteiger partial charge in [-0.15, -0.1) is 0 Å². The molecule has 38 heavy (non-hydrogen) atoms. The second-order valence-corrected chi connectivity index (χ2v) is 9.90. The lowest BCUT2D eigenvalue weighted by Crippen LogP contribution is -2.36. The Labute approximate surface area is 222 Å². The number of rotatable bonds is 5. The van der Waals surface area contributed by atoms with E-state index in [9.17, 15) is 14.4 Å². The van der Waals surface area contributed by atoms with Gasteiger partial charge in [0.2, 0.25) is 0 Å². The van der Waals surface area contributed by atoms with E-state index in [0.717, 1.165) is 57.6 Å². The maximum atomic E-state index is 12.6. The predicted octanol–water partition coefficient (Wildman–Crippen LogP) is 4.72. The maximum Gasteiger partial charge on any atom is 0.270 e. The summed E-state index contributed by atoms with van der Waals surface area (Å²) in [6, 6.07) is 14.1. The maximum absolute atomic E-state index is 12.6. The number of hydrogen-bond acceptors (Lipinski definition) is 7. The van der Waals surface area contributed by atoms with Gasteiger partial charge in [-0.3, -0.25) is 4.79 Å². The van der Waals surface area contributed by atoms with Crippen LogP contribution in [0.3, 0.4) is 0 Å². The van der Waals surface area contributed by atoms with Crippen LogP contribution in [0.25, 0.3) is 11.0 Å². The van der Waals surface area contributed by atoms with Crippen molar-refractivity contribution in [3.63, 3.8) is 0 Å². The fraction of sp³-hybridized carbons (Fsp3) is 0.448. The molecular weight excluding hydrogens is 483 g/mol. The number of anilines is 2. The van der Waals surface area contributed by atoms with Gasteiger partial charge in [0.1, 0.15) is 34.7 Å². The molecule has 1 N–H and O–H groups in total. The fourth-order valence-corrected chi connectivity index (χ4v) is 5.13. The molecule has 198 valence electrons. The van der Waals surface area contributed by atoms with Gasteiger partial charge in [-0.25, -0.2) is 9.37 Å². The zero-order valence-corrected chi connectivity index (χ0v) is 21.9. The molecule has 2 aromatic heterocycles. The number of pyridine rings is 2. The van der Waals surface area contributed by atoms with Crippen molar-refractivity contribution in [3.8, 4) is 12.1 Å². The molecule has 3 heterocycles. The minimum Gasteiger partial charge on any atom is -0.385 e. The summed E-state index contributed by atoms with van der Waals surface area (Å²) in [6.45, 7) is 2.62. The Morgan fingerprint density at radius 1 is 1.11 bits per heavy atom. The van der Waals surface area contributed by atoms with Gasteiger partial charge in [-0.05, 0) is 55.7 Å². The van der Waals surface area contributed by atoms with Crippen molar-refractivity contribution >= 4 is 22.4 Å². The largest absolute Gasteiger partial charge is 0.385 e. The molecular formula is C29H33FN6O2. The van der Waals surface area contributed by atoms with E-state index in [4.69, 9.17) is 10.00 Å². The Kier molecular flexibility index (Phi) is 8.93. The summed E-state index contributed by atoms with van der Waals surface area (Å²) in [5.74, 6) is 0.403. The Morgan fingerprint density at radius 3 is 2.47 bits per heavy atom. The normalized spacial score (nSPS) is 17.2. The van der Waals surface area contributed by atoms with E-state index in [-0.39, 0.29) is 28.7 Å². The highest BCUT2D eigenvalue weighted by molar-refractivity contribution is 5.92. The summed E-state index contributed by atoms with van der Waals surface area (Å²) in [7, 11) is 3.55. The molecule has 9 heteroatoms. The quantitative estimate of drug-likeness (QED) is 0.523. The van der Waals surface area contributed by atoms with Crippen molar-refractivity contribution in [2.24, 2.45) is 13.0 Å². The lowest BCUT2D eigenvalue weighted by molar-refractivity contribution is 0.187. The summed E-state index contributed by atoms with van der Waals surface area (Å²) in [4.78, 5) is 19.0. The van der Waals surface area contributed by atoms with E-state index >= 15 is 0 Å². The van der Waals surface area contributed by atoms with Gasteiger partial charge >= 0.3 is 0 Å². The first-order chi connectivity index (χ1) is 18.4. The van der Waals surface area contributed by atoms with Crippen molar-refractivity contribution in [2.75, 3.05) is 37.0 Å². The minimum absolute atomic E-state index is 0.0978. The van der Waals surface area contributed by atoms with Crippen molar-refractivity contribution in [2.45, 2.75) is 44.6 Å². The zero-order valence-electron chi connectivity index (χ0n) is 21.9. The molecule has 0 amide bonds. The number of halogens is 1. The summed E-state index contributed by atoms with van der Waals surface area (Å²) >= 11 is 0. The number of aryl methyl sites for hydroxylation is 1. The summed E-state index contributed by atoms with van der Waals surface area (Å²) < 4.78 is 19.3. The van der Waals surface area contributed by atoms with Gasteiger partial charge < -0.3 is 19.5 Å². The standard InChI is InChI=1S/C18H19N5O.C11H14FNO/c1-22(13-6-4-3-5-7-13)17-14(11-20)18(24)23(2)15-9-8-12(10-19)21-16(15)17;12-10-1-3-11(4-2-10)13-7-9-5-6-14-8-9/h8-9,13H,3-7H2,1-2H3;1-4,9,13H,5-8H2. The molecule has 5 rings (SSSR count). The number of aromatic nitrogens is 2. The number of benzene rings is 1. The van der Waals surface area contributed by atoms with E-state index in [1.54, 1.807) is 31.3 Å². The average molecular weight is 517 g/mol. The SMILES string of the molecule is CN(c1c(C#N)c(=O)n(C)c2ccc(C#N)nc12)C1CCCCC1.Fc1ccc(NCC2CCOC2)cc1. The number of ether oxygens (including phenoxy) is 1. The molecule has 1 aromatic carbocycles. The van der Waals surface area contributed by atoms with Gasteiger partial charge in [0.15, 0.2) is 0 Å². The number of hydrogen-bond donors (Lipinski definition) is 1. The number of nitrogens with one attached hydrogen (secondary N) is 1. The Morgan fingerprint density at radius 2 is 1.84 bits per heavy atom. The Balaban J connectivity index is 0.000000204. The highest BCUT2D eigenvalue weighted by Gasteiger charge is 2.25. The molecule has 2 fully saturated rings. The van der Waals surface area contributed by atoms with Crippen LogP contribution in [-0.4, -0.2) is 42.4 Å². The molecule has 1 unspecified atom stereocenters. The second kappa shape index (κ2) is 12.5. The van der Waals surface area contributed by atoms with Gasteiger partial charge in [-0.2, -0.15) is 10.5 Å². The third-order valence-corrected chi connectivity index (χ3v) is 7.38. The molecule has 2 aliphatic rings. The Bertz CT molecular complexity index is 1390. The van der Waals surface area contributed by atoms with Gasteiger partial charge in [-0.1, -0.05) is 19.3 Å². The van der Waals surface area contributed by atoms with Crippen LogP contribution in [0.4, 0.5) is 15.8 Å². The summed E-state index contributed by atoms with van der Waals surface area (Å²) in [5, 5.41) is 22.0. The van der Waals surface area contributed by atoms with E-state index < -0.39 is 0 Å². The topological polar surface area (TPSA) is 107 Å². The van der Waals surface area contributed by atoms with Crippen LogP contribution < -0.4 is 15.8 Å². The molecule has 0 spiro atoms. The highest BCUT2D eigenvalue weighted by Crippen LogP contribution is 2.32. The van der Waals surface area contributed by atoms with Gasteiger partial charge in [0.25, 0.3) is 5.56 Å². The van der Waals surface area contributed by atoms with Crippen molar-refractivity contribution in [1.82, 2.24) is 9.55 Å². The number of nitriles is 2. The first kappa shape index (κ1) is 27.1. The predicted molar refractivity (Wildman–Crippen MR) is 146 cm³/mol. The smallest absolute Gasteiger partial charge is 0.270 e. The van der Waals surface area contributed by atoms with Crippen molar-refractivity contribution in [3.05, 3.63) is 63.8 Å². The highest BCUT2D eigenvalue weighted by atomic mass is 19.1. The summed E-state index contributed by atoms with van der Waals surface area (Å²) in [6.07, 6.45) is 6.72. The summed E-state index contributed by atoms with van der Waals surface area (Å²) in [5.41, 5.74) is 2.76. The minimum atomic E-state index is -0.325. The van der Waals surface area contributed by atoms with E-state index in [1.165, 1.54) is 23.1 Å². The van der Waals surface area contributed by atoms with Crippen LogP contribution in [0.5, 0.6) is 0 Å². The van der Waals surface area contributed by atoms with E-state index in [2.05, 4.69) is 16.4 Å². The van der Waals surface area contributed by atoms with Crippen molar-refractivity contribution in [1.29, 1.82) is 10.5 Å². The first-order valence-electron chi connectivity index (χ1n) is 13.1. The number of nitrogens with zero attached hydrogens (tertiary/aromatic N) is 5. The lowest BCUT2D eigenvalue weighted by Gasteiger charge is -2.33. The van der Waals surface area contributed by atoms with E-state index in [0.29, 0.717) is 22.6 Å². The molecule has 8 nitrogen and oxygen atoms in total. The zero-order chi connectivity index (χ0) is 27.1. The lowest BCUT2D eigenvalue weighted by atomic mass is 9.93. The molecule has 1 atom stereocenters. The van der Waals surface area contributed by atoms with E-state index in [1.807, 2.05) is 18.0 Å². The molecule has 3 aromatic rings. The molecule has 1 aliphatic heterocycles. The molecule has 1 aliphatic carbocycles. The second-order valence-electron chi connectivity index (χ2n) is 9.90. The average Bonchev–Trinajstić information content (AvgIpc) is 3.48. The van der Waals surface area contributed by atoms with Crippen LogP contribution in [-0.2, 0) is 11.8 Å². The van der Waals surface area contributed by atoms with Gasteiger partial charge in [0, 0.05) is 44.9 Å². The number of fused-ring (bicyclic) bond motifs is 1. The third kappa shape index (κ3) is 6.12. The van der Waals surface area contributed by atoms with Crippen LogP contribution in [0, 0.1) is 34.4 Å². The van der Waals surface area contributed by atoms with Crippen LogP contribution in [0.1, 0.15) is 49.8 Å². The molecule has 0 bridgehead atoms. The van der Waals surface area contributed by atoms with Crippen molar-refractivity contribution < 1.29 is 9.13 Å². The fourth-order valence-electron chi connectivity index (χ4n) is 5.13. The molecule has 0 radical (unpaired) electrons. The monoisotopic (exact) mass is 516 g/mol. The third-order valence-electron chi connectivity index (χ3n) is 7.38. The Hall–Kier alpha value is -3.95. The van der Waals surface area contributed by atoms with Crippen LogP contribution >= 0.6 is 0 Å².